The first-order chi connectivity index (χ1) is 12.4. The maximum Gasteiger partial charge on any atom is 0.469 e. The van der Waals surface area contributed by atoms with Crippen molar-refractivity contribution in [3.05, 3.63) is 10.1 Å². The van der Waals surface area contributed by atoms with Crippen LogP contribution in [-0.2, 0) is 9.53 Å². The first-order valence-corrected chi connectivity index (χ1v) is 8.87. The SMILES string of the molecule is CCCCN(C)C(=O)[C@H](CCCN=C(N)N)N(C(=O)OC(C)(C)C)[N+](=O)[O-]. The zero-order chi connectivity index (χ0) is 21.2. The number of rotatable bonds is 10. The summed E-state index contributed by atoms with van der Waals surface area (Å²) in [7, 11) is 1.55. The molecule has 27 heavy (non-hydrogen) atoms. The third-order valence-corrected chi connectivity index (χ3v) is 3.49. The number of nitrogens with two attached hydrogens (primary N) is 2. The predicted octanol–water partition coefficient (Wildman–Crippen LogP) is 1.10. The van der Waals surface area contributed by atoms with Gasteiger partial charge in [-0.05, 0) is 45.0 Å². The van der Waals surface area contributed by atoms with E-state index in [0.29, 0.717) is 6.54 Å². The van der Waals surface area contributed by atoms with E-state index in [4.69, 9.17) is 16.2 Å². The van der Waals surface area contributed by atoms with Gasteiger partial charge in [0.1, 0.15) is 5.60 Å². The summed E-state index contributed by atoms with van der Waals surface area (Å²) in [5.41, 5.74) is 9.58. The second-order valence-corrected chi connectivity index (χ2v) is 7.14. The molecular weight excluding hydrogens is 356 g/mol. The van der Waals surface area contributed by atoms with Crippen LogP contribution in [-0.4, -0.2) is 64.7 Å². The number of carbonyl (C=O) groups is 2. The van der Waals surface area contributed by atoms with Crippen molar-refractivity contribution in [2.75, 3.05) is 20.1 Å². The van der Waals surface area contributed by atoms with Crippen LogP contribution in [0.3, 0.4) is 0 Å². The molecule has 0 saturated carbocycles. The van der Waals surface area contributed by atoms with E-state index in [1.165, 1.54) is 4.90 Å². The van der Waals surface area contributed by atoms with Crippen LogP contribution in [0.15, 0.2) is 4.99 Å². The van der Waals surface area contributed by atoms with Crippen LogP contribution in [0, 0.1) is 10.1 Å². The Bertz CT molecular complexity index is 542. The third-order valence-electron chi connectivity index (χ3n) is 3.49. The first-order valence-electron chi connectivity index (χ1n) is 8.87. The minimum Gasteiger partial charge on any atom is -0.440 e. The lowest BCUT2D eigenvalue weighted by Crippen LogP contribution is -2.53. The molecule has 0 aliphatic rings. The standard InChI is InChI=1S/C16H32N6O5/c1-6-7-11-20(5)13(23)12(9-8-10-19-14(17)18)21(22(25)26)15(24)27-16(2,3)4/h12H,6-11H2,1-5H3,(H4,17,18,19)/t12-/m0/s1. The molecule has 1 atom stereocenters. The number of hydrogen-bond donors (Lipinski definition) is 2. The predicted molar refractivity (Wildman–Crippen MR) is 101 cm³/mol. The van der Waals surface area contributed by atoms with E-state index in [-0.39, 0.29) is 30.4 Å². The highest BCUT2D eigenvalue weighted by molar-refractivity contribution is 5.85. The molecule has 0 aromatic rings. The number of carbonyl (C=O) groups excluding carboxylic acids is 2. The third kappa shape index (κ3) is 9.61. The second kappa shape index (κ2) is 11.2. The van der Waals surface area contributed by atoms with E-state index in [0.717, 1.165) is 12.8 Å². The fraction of sp³-hybridized carbons (Fsp3) is 0.812. The van der Waals surface area contributed by atoms with Gasteiger partial charge in [0, 0.05) is 20.1 Å². The number of unbranched alkanes of at least 4 members (excludes halogenated alkanes) is 1. The lowest BCUT2D eigenvalue weighted by atomic mass is 10.1. The summed E-state index contributed by atoms with van der Waals surface area (Å²) in [6, 6.07) is -1.31. The fourth-order valence-corrected chi connectivity index (χ4v) is 2.22. The summed E-state index contributed by atoms with van der Waals surface area (Å²) >= 11 is 0. The van der Waals surface area contributed by atoms with Crippen molar-refractivity contribution in [3.8, 4) is 0 Å². The average molecular weight is 388 g/mol. The van der Waals surface area contributed by atoms with Crippen molar-refractivity contribution in [1.29, 1.82) is 0 Å². The monoisotopic (exact) mass is 388 g/mol. The van der Waals surface area contributed by atoms with E-state index in [1.807, 2.05) is 6.92 Å². The number of amides is 2. The molecule has 11 heteroatoms. The number of guanidine groups is 1. The van der Waals surface area contributed by atoms with Crippen LogP contribution in [0.25, 0.3) is 0 Å². The number of ether oxygens (including phenoxy) is 1. The molecule has 0 unspecified atom stereocenters. The van der Waals surface area contributed by atoms with Crippen LogP contribution >= 0.6 is 0 Å². The van der Waals surface area contributed by atoms with Gasteiger partial charge in [0.2, 0.25) is 0 Å². The fourth-order valence-electron chi connectivity index (χ4n) is 2.22. The Morgan fingerprint density at radius 3 is 2.30 bits per heavy atom. The van der Waals surface area contributed by atoms with Crippen molar-refractivity contribution >= 4 is 18.0 Å². The lowest BCUT2D eigenvalue weighted by Gasteiger charge is -2.28. The molecule has 0 aliphatic carbocycles. The van der Waals surface area contributed by atoms with Gasteiger partial charge in [0.25, 0.3) is 5.91 Å². The summed E-state index contributed by atoms with van der Waals surface area (Å²) in [5, 5.41) is 10.9. The molecule has 0 bridgehead atoms. The van der Waals surface area contributed by atoms with Crippen molar-refractivity contribution in [2.45, 2.75) is 65.0 Å². The number of hydrazine groups is 1. The molecule has 156 valence electrons. The average Bonchev–Trinajstić information content (AvgIpc) is 2.52. The van der Waals surface area contributed by atoms with Crippen molar-refractivity contribution < 1.29 is 19.4 Å². The van der Waals surface area contributed by atoms with Crippen molar-refractivity contribution in [2.24, 2.45) is 16.5 Å². The van der Waals surface area contributed by atoms with E-state index in [9.17, 15) is 19.7 Å². The Hall–Kier alpha value is -2.59. The highest BCUT2D eigenvalue weighted by atomic mass is 16.7. The summed E-state index contributed by atoms with van der Waals surface area (Å²) in [5.74, 6) is -0.646. The van der Waals surface area contributed by atoms with Gasteiger partial charge in [-0.1, -0.05) is 13.3 Å². The number of nitro groups is 1. The Labute approximate surface area is 159 Å². The summed E-state index contributed by atoms with van der Waals surface area (Å²) in [6.45, 7) is 7.35. The molecule has 0 heterocycles. The van der Waals surface area contributed by atoms with Crippen molar-refractivity contribution in [3.63, 3.8) is 0 Å². The highest BCUT2D eigenvalue weighted by Crippen LogP contribution is 2.17. The quantitative estimate of drug-likeness (QED) is 0.186. The molecular formula is C16H32N6O5. The zero-order valence-electron chi connectivity index (χ0n) is 16.8. The number of hydrogen-bond acceptors (Lipinski definition) is 6. The number of likely N-dealkylation sites (N-methyl/N-ethyl adjacent to an activating group) is 1. The van der Waals surface area contributed by atoms with Gasteiger partial charge in [-0.3, -0.25) is 9.79 Å². The van der Waals surface area contributed by atoms with E-state index >= 15 is 0 Å². The van der Waals surface area contributed by atoms with E-state index in [1.54, 1.807) is 27.8 Å². The Balaban J connectivity index is 5.52. The van der Waals surface area contributed by atoms with Crippen LogP contribution in [0.5, 0.6) is 0 Å². The summed E-state index contributed by atoms with van der Waals surface area (Å²) < 4.78 is 5.10. The highest BCUT2D eigenvalue weighted by Gasteiger charge is 2.42. The zero-order valence-corrected chi connectivity index (χ0v) is 16.8. The molecule has 2 amide bonds. The minimum absolute atomic E-state index is 0.0201. The van der Waals surface area contributed by atoms with Crippen LogP contribution in [0.4, 0.5) is 4.79 Å². The van der Waals surface area contributed by atoms with Gasteiger partial charge >= 0.3 is 6.09 Å². The lowest BCUT2D eigenvalue weighted by molar-refractivity contribution is -0.641. The van der Waals surface area contributed by atoms with Gasteiger partial charge in [-0.15, -0.1) is 0 Å². The summed E-state index contributed by atoms with van der Waals surface area (Å²) in [4.78, 5) is 41.9. The van der Waals surface area contributed by atoms with E-state index in [2.05, 4.69) is 4.99 Å². The molecule has 0 rings (SSSR count). The maximum atomic E-state index is 12.8. The Morgan fingerprint density at radius 1 is 1.26 bits per heavy atom. The molecule has 0 radical (unpaired) electrons. The molecule has 0 aliphatic heterocycles. The van der Waals surface area contributed by atoms with Crippen LogP contribution < -0.4 is 11.5 Å². The molecule has 0 saturated heterocycles. The smallest absolute Gasteiger partial charge is 0.440 e. The van der Waals surface area contributed by atoms with Crippen molar-refractivity contribution in [1.82, 2.24) is 9.91 Å². The van der Waals surface area contributed by atoms with Crippen LogP contribution in [0.1, 0.15) is 53.4 Å². The van der Waals surface area contributed by atoms with Gasteiger partial charge < -0.3 is 21.1 Å². The van der Waals surface area contributed by atoms with Gasteiger partial charge in [-0.2, -0.15) is 0 Å². The van der Waals surface area contributed by atoms with Gasteiger partial charge in [0.05, 0.1) is 0 Å². The number of nitrogens with zero attached hydrogens (tertiary/aromatic N) is 4. The maximum absolute atomic E-state index is 12.8. The molecule has 0 aromatic heterocycles. The minimum atomic E-state index is -1.31. The number of aliphatic imine (C=N–C) groups is 1. The molecule has 0 spiro atoms. The molecule has 0 aromatic carbocycles. The summed E-state index contributed by atoms with van der Waals surface area (Å²) in [6.07, 6.45) is 0.720. The Kier molecular flexibility index (Phi) is 10.1. The Morgan fingerprint density at radius 2 is 1.85 bits per heavy atom. The first kappa shape index (κ1) is 24.4. The van der Waals surface area contributed by atoms with Gasteiger partial charge in [0.15, 0.2) is 17.0 Å². The largest absolute Gasteiger partial charge is 0.469 e. The second-order valence-electron chi connectivity index (χ2n) is 7.14. The molecule has 0 fully saturated rings. The molecule has 11 nitrogen and oxygen atoms in total. The van der Waals surface area contributed by atoms with E-state index < -0.39 is 28.7 Å². The van der Waals surface area contributed by atoms with Crippen LogP contribution in [0.2, 0.25) is 0 Å². The molecule has 4 N–H and O–H groups in total. The van der Waals surface area contributed by atoms with Gasteiger partial charge in [-0.25, -0.2) is 14.9 Å². The topological polar surface area (TPSA) is 157 Å². The normalized spacial score (nSPS) is 12.0.